The molecule has 1 rings (SSSR count). The van der Waals surface area contributed by atoms with Gasteiger partial charge >= 0.3 is 0 Å². The maximum absolute atomic E-state index is 11.2. The Bertz CT molecular complexity index is 639. The Morgan fingerprint density at radius 2 is 1.86 bits per heavy atom. The molecule has 0 aromatic heterocycles. The first-order valence-corrected chi connectivity index (χ1v) is 6.22. The van der Waals surface area contributed by atoms with E-state index in [9.17, 15) is 15.0 Å². The first kappa shape index (κ1) is 16.3. The SMILES string of the molecule is CC(=O)C(C=N/C(C)=N\N=C\c1ccccc1O)=C(C)O. The Balaban J connectivity index is 2.81. The van der Waals surface area contributed by atoms with Gasteiger partial charge in [0.25, 0.3) is 0 Å². The number of aromatic hydroxyl groups is 1. The number of hydrogen-bond donors (Lipinski definition) is 2. The van der Waals surface area contributed by atoms with Crippen molar-refractivity contribution in [3.63, 3.8) is 0 Å². The zero-order chi connectivity index (χ0) is 15.8. The molecule has 110 valence electrons. The molecule has 0 heterocycles. The van der Waals surface area contributed by atoms with E-state index in [1.807, 2.05) is 0 Å². The number of hydrogen-bond acceptors (Lipinski definition) is 5. The van der Waals surface area contributed by atoms with E-state index in [4.69, 9.17) is 0 Å². The van der Waals surface area contributed by atoms with Gasteiger partial charge in [-0.15, -0.1) is 5.10 Å². The number of nitrogens with zero attached hydrogens (tertiary/aromatic N) is 3. The minimum Gasteiger partial charge on any atom is -0.512 e. The van der Waals surface area contributed by atoms with Gasteiger partial charge in [0.1, 0.15) is 17.3 Å². The smallest absolute Gasteiger partial charge is 0.164 e. The number of para-hydroxylation sites is 1. The van der Waals surface area contributed by atoms with E-state index in [0.29, 0.717) is 11.4 Å². The van der Waals surface area contributed by atoms with Crippen LogP contribution in [0.25, 0.3) is 0 Å². The highest BCUT2D eigenvalue weighted by atomic mass is 16.3. The van der Waals surface area contributed by atoms with Gasteiger partial charge in [0, 0.05) is 11.8 Å². The van der Waals surface area contributed by atoms with Gasteiger partial charge in [-0.2, -0.15) is 5.10 Å². The summed E-state index contributed by atoms with van der Waals surface area (Å²) < 4.78 is 0. The van der Waals surface area contributed by atoms with E-state index in [-0.39, 0.29) is 22.9 Å². The molecule has 0 saturated heterocycles. The lowest BCUT2D eigenvalue weighted by atomic mass is 10.2. The molecule has 0 bridgehead atoms. The van der Waals surface area contributed by atoms with Crippen LogP contribution in [0.1, 0.15) is 26.3 Å². The van der Waals surface area contributed by atoms with Gasteiger partial charge in [0.2, 0.25) is 0 Å². The number of Topliss-reactive ketones (excluding diaryl/α,β-unsaturated/α-hetero) is 1. The summed E-state index contributed by atoms with van der Waals surface area (Å²) in [5.74, 6) is 0.0259. The second kappa shape index (κ2) is 7.74. The highest BCUT2D eigenvalue weighted by Gasteiger charge is 2.04. The molecule has 0 amide bonds. The van der Waals surface area contributed by atoms with E-state index in [1.54, 1.807) is 31.2 Å². The van der Waals surface area contributed by atoms with Crippen molar-refractivity contribution >= 4 is 24.0 Å². The number of aliphatic imine (C=N–C) groups is 1. The number of aliphatic hydroxyl groups excluding tert-OH is 1. The predicted molar refractivity (Wildman–Crippen MR) is 83.3 cm³/mol. The van der Waals surface area contributed by atoms with Crippen LogP contribution in [0.15, 0.2) is 50.8 Å². The Morgan fingerprint density at radius 3 is 2.43 bits per heavy atom. The number of rotatable bonds is 4. The number of ketones is 1. The molecule has 2 N–H and O–H groups in total. The molecule has 1 aromatic rings. The summed E-state index contributed by atoms with van der Waals surface area (Å²) in [5.41, 5.74) is 0.655. The van der Waals surface area contributed by atoms with E-state index in [2.05, 4.69) is 15.2 Å². The minimum absolute atomic E-state index is 0.100. The van der Waals surface area contributed by atoms with Crippen molar-refractivity contribution in [2.75, 3.05) is 0 Å². The Kier molecular flexibility index (Phi) is 6.00. The molecule has 6 nitrogen and oxygen atoms in total. The van der Waals surface area contributed by atoms with E-state index in [1.165, 1.54) is 26.3 Å². The first-order chi connectivity index (χ1) is 9.91. The molecular formula is C15H17N3O3. The largest absolute Gasteiger partial charge is 0.512 e. The summed E-state index contributed by atoms with van der Waals surface area (Å²) in [4.78, 5) is 15.2. The van der Waals surface area contributed by atoms with Crippen molar-refractivity contribution in [3.8, 4) is 5.75 Å². The summed E-state index contributed by atoms with van der Waals surface area (Å²) in [6.45, 7) is 4.35. The van der Waals surface area contributed by atoms with Crippen LogP contribution < -0.4 is 0 Å². The number of carbonyl (C=O) groups is 1. The van der Waals surface area contributed by atoms with Crippen molar-refractivity contribution in [2.24, 2.45) is 15.2 Å². The van der Waals surface area contributed by atoms with Gasteiger partial charge in [-0.05, 0) is 32.9 Å². The zero-order valence-electron chi connectivity index (χ0n) is 12.1. The zero-order valence-corrected chi connectivity index (χ0v) is 12.1. The topological polar surface area (TPSA) is 94.6 Å². The van der Waals surface area contributed by atoms with Crippen molar-refractivity contribution in [1.29, 1.82) is 0 Å². The number of carbonyl (C=O) groups excluding carboxylic acids is 1. The Hall–Kier alpha value is -2.76. The van der Waals surface area contributed by atoms with Gasteiger partial charge in [0.05, 0.1) is 11.8 Å². The van der Waals surface area contributed by atoms with Crippen molar-refractivity contribution in [1.82, 2.24) is 0 Å². The normalized spacial score (nSPS) is 13.8. The summed E-state index contributed by atoms with van der Waals surface area (Å²) in [6, 6.07) is 6.71. The van der Waals surface area contributed by atoms with Gasteiger partial charge < -0.3 is 10.2 Å². The average Bonchev–Trinajstić information content (AvgIpc) is 2.40. The highest BCUT2D eigenvalue weighted by molar-refractivity contribution is 6.14. The summed E-state index contributed by atoms with van der Waals surface area (Å²) in [6.07, 6.45) is 2.64. The molecule has 0 spiro atoms. The summed E-state index contributed by atoms with van der Waals surface area (Å²) in [5, 5.41) is 26.5. The van der Waals surface area contributed by atoms with Crippen molar-refractivity contribution < 1.29 is 15.0 Å². The van der Waals surface area contributed by atoms with Gasteiger partial charge in [-0.1, -0.05) is 12.1 Å². The third-order valence-electron chi connectivity index (χ3n) is 2.49. The van der Waals surface area contributed by atoms with Crippen LogP contribution in [0.5, 0.6) is 5.75 Å². The van der Waals surface area contributed by atoms with Crippen LogP contribution >= 0.6 is 0 Å². The number of aliphatic hydroxyl groups is 1. The fourth-order valence-corrected chi connectivity index (χ4v) is 1.39. The summed E-state index contributed by atoms with van der Waals surface area (Å²) in [7, 11) is 0. The van der Waals surface area contributed by atoms with Gasteiger partial charge in [0.15, 0.2) is 5.78 Å². The lowest BCUT2D eigenvalue weighted by molar-refractivity contribution is -0.113. The van der Waals surface area contributed by atoms with Crippen LogP contribution in [0.4, 0.5) is 0 Å². The minimum atomic E-state index is -0.288. The fourth-order valence-electron chi connectivity index (χ4n) is 1.39. The number of amidine groups is 1. The summed E-state index contributed by atoms with van der Waals surface area (Å²) >= 11 is 0. The molecule has 21 heavy (non-hydrogen) atoms. The predicted octanol–water partition coefficient (Wildman–Crippen LogP) is 2.64. The van der Waals surface area contributed by atoms with Crippen LogP contribution in [-0.4, -0.2) is 34.3 Å². The molecule has 0 aliphatic carbocycles. The van der Waals surface area contributed by atoms with Crippen LogP contribution in [0, 0.1) is 0 Å². The number of benzene rings is 1. The third kappa shape index (κ3) is 5.40. The van der Waals surface area contributed by atoms with E-state index in [0.717, 1.165) is 0 Å². The highest BCUT2D eigenvalue weighted by Crippen LogP contribution is 2.12. The molecule has 6 heteroatoms. The number of allylic oxidation sites excluding steroid dienone is 2. The molecular weight excluding hydrogens is 270 g/mol. The molecule has 1 aromatic carbocycles. The Labute approximate surface area is 122 Å². The quantitative estimate of drug-likeness (QED) is 0.293. The molecule has 0 unspecified atom stereocenters. The van der Waals surface area contributed by atoms with E-state index < -0.39 is 0 Å². The van der Waals surface area contributed by atoms with Crippen LogP contribution in [-0.2, 0) is 4.79 Å². The average molecular weight is 287 g/mol. The number of phenols is 1. The Morgan fingerprint density at radius 1 is 1.19 bits per heavy atom. The van der Waals surface area contributed by atoms with Crippen LogP contribution in [0.3, 0.4) is 0 Å². The standard InChI is InChI=1S/C15H17N3O3/c1-10(19)14(11(2)20)9-16-12(3)18-17-8-13-6-4-5-7-15(13)21/h4-9,19,21H,1-3H3/b14-10?,16-9?,17-8+,18-12-. The second-order valence-electron chi connectivity index (χ2n) is 4.26. The molecule has 0 saturated carbocycles. The molecule has 0 radical (unpaired) electrons. The van der Waals surface area contributed by atoms with E-state index >= 15 is 0 Å². The maximum Gasteiger partial charge on any atom is 0.164 e. The fraction of sp³-hybridized carbons (Fsp3) is 0.200. The van der Waals surface area contributed by atoms with Gasteiger partial charge in [-0.25, -0.2) is 4.99 Å². The first-order valence-electron chi connectivity index (χ1n) is 6.22. The number of phenolic OH excluding ortho intramolecular Hbond substituents is 1. The second-order valence-corrected chi connectivity index (χ2v) is 4.26. The molecule has 0 atom stereocenters. The molecule has 0 fully saturated rings. The lowest BCUT2D eigenvalue weighted by Gasteiger charge is -1.97. The van der Waals surface area contributed by atoms with Crippen molar-refractivity contribution in [3.05, 3.63) is 41.2 Å². The monoisotopic (exact) mass is 287 g/mol. The maximum atomic E-state index is 11.2. The molecule has 0 aliphatic heterocycles. The van der Waals surface area contributed by atoms with Crippen molar-refractivity contribution in [2.45, 2.75) is 20.8 Å². The third-order valence-corrected chi connectivity index (χ3v) is 2.49. The van der Waals surface area contributed by atoms with Gasteiger partial charge in [-0.3, -0.25) is 4.79 Å². The molecule has 0 aliphatic rings. The van der Waals surface area contributed by atoms with Crippen LogP contribution in [0.2, 0.25) is 0 Å². The lowest BCUT2D eigenvalue weighted by Crippen LogP contribution is -2.02.